The van der Waals surface area contributed by atoms with Crippen LogP contribution < -0.4 is 0 Å². The van der Waals surface area contributed by atoms with Crippen molar-refractivity contribution in [1.29, 1.82) is 0 Å². The number of piperidine rings is 1. The Morgan fingerprint density at radius 2 is 2.07 bits per heavy atom. The molecule has 0 unspecified atom stereocenters. The molecule has 1 fully saturated rings. The minimum absolute atomic E-state index is 0.186. The van der Waals surface area contributed by atoms with Crippen LogP contribution in [0.1, 0.15) is 37.3 Å². The molecule has 1 atom stereocenters. The molecule has 0 N–H and O–H groups in total. The Hall–Kier alpha value is -2.41. The van der Waals surface area contributed by atoms with Crippen molar-refractivity contribution in [2.24, 2.45) is 0 Å². The number of hydrogen-bond donors (Lipinski definition) is 0. The van der Waals surface area contributed by atoms with Crippen molar-refractivity contribution in [3.8, 4) is 5.69 Å². The summed E-state index contributed by atoms with van der Waals surface area (Å²) in [5.74, 6) is 0.580. The van der Waals surface area contributed by atoms with Crippen LogP contribution in [0.2, 0.25) is 0 Å². The maximum atomic E-state index is 12.7. The second-order valence-electron chi connectivity index (χ2n) is 7.46. The fourth-order valence-corrected chi connectivity index (χ4v) is 4.51. The van der Waals surface area contributed by atoms with Crippen LogP contribution in [-0.4, -0.2) is 48.9 Å². The first-order chi connectivity index (χ1) is 13.5. The van der Waals surface area contributed by atoms with Gasteiger partial charge in [-0.15, -0.1) is 0 Å². The zero-order valence-electron chi connectivity index (χ0n) is 16.6. The number of rotatable bonds is 4. The fourth-order valence-electron chi connectivity index (χ4n) is 3.67. The minimum atomic E-state index is 0.186. The molecule has 1 aliphatic heterocycles. The molecular weight excluding hydrogens is 370 g/mol. The quantitative estimate of drug-likeness (QED) is 0.495. The Kier molecular flexibility index (Phi) is 5.35. The molecule has 6 nitrogen and oxygen atoms in total. The number of thioether (sulfide) groups is 1. The van der Waals surface area contributed by atoms with Gasteiger partial charge in [-0.25, -0.2) is 14.6 Å². The predicted molar refractivity (Wildman–Crippen MR) is 112 cm³/mol. The van der Waals surface area contributed by atoms with Crippen LogP contribution >= 0.6 is 11.8 Å². The molecule has 0 saturated carbocycles. The van der Waals surface area contributed by atoms with Gasteiger partial charge in [0.05, 0.1) is 23.0 Å². The van der Waals surface area contributed by atoms with Crippen LogP contribution in [0.4, 0.5) is 0 Å². The lowest BCUT2D eigenvalue weighted by molar-refractivity contribution is -0.131. The van der Waals surface area contributed by atoms with Crippen LogP contribution in [0.3, 0.4) is 0 Å². The van der Waals surface area contributed by atoms with Crippen molar-refractivity contribution in [2.75, 3.05) is 12.3 Å². The molecule has 7 heteroatoms. The lowest BCUT2D eigenvalue weighted by atomic mass is 10.0. The zero-order chi connectivity index (χ0) is 19.7. The molecule has 0 bridgehead atoms. The number of carbonyl (C=O) groups is 1. The summed E-state index contributed by atoms with van der Waals surface area (Å²) < 4.78 is 1.84. The van der Waals surface area contributed by atoms with E-state index in [1.54, 1.807) is 12.5 Å². The van der Waals surface area contributed by atoms with E-state index in [0.717, 1.165) is 41.1 Å². The Labute approximate surface area is 169 Å². The molecule has 0 aliphatic carbocycles. The van der Waals surface area contributed by atoms with Gasteiger partial charge in [-0.05, 0) is 63.3 Å². The summed E-state index contributed by atoms with van der Waals surface area (Å²) in [6.45, 7) is 7.19. The number of hydrogen-bond acceptors (Lipinski definition) is 5. The third-order valence-electron chi connectivity index (χ3n) is 5.52. The van der Waals surface area contributed by atoms with Gasteiger partial charge in [0, 0.05) is 12.6 Å². The van der Waals surface area contributed by atoms with Gasteiger partial charge in [0.1, 0.15) is 11.4 Å². The van der Waals surface area contributed by atoms with Gasteiger partial charge in [-0.3, -0.25) is 4.79 Å². The van der Waals surface area contributed by atoms with Gasteiger partial charge < -0.3 is 4.90 Å². The highest BCUT2D eigenvalue weighted by Crippen LogP contribution is 2.27. The Balaban J connectivity index is 1.56. The average Bonchev–Trinajstić information content (AvgIpc) is 3.13. The Bertz CT molecular complexity index is 1020. The SMILES string of the molecule is Cc1ccc(-n2ncc3c(SCC(=O)N4CCCC[C@H]4C)ncnc32)cc1C. The summed E-state index contributed by atoms with van der Waals surface area (Å²) >= 11 is 1.47. The van der Waals surface area contributed by atoms with E-state index in [-0.39, 0.29) is 5.91 Å². The largest absolute Gasteiger partial charge is 0.339 e. The summed E-state index contributed by atoms with van der Waals surface area (Å²) in [5.41, 5.74) is 4.20. The summed E-state index contributed by atoms with van der Waals surface area (Å²) in [5, 5.41) is 6.22. The third kappa shape index (κ3) is 3.63. The monoisotopic (exact) mass is 395 g/mol. The maximum absolute atomic E-state index is 12.7. The number of aryl methyl sites for hydroxylation is 2. The first-order valence-corrected chi connectivity index (χ1v) is 10.7. The highest BCUT2D eigenvalue weighted by Gasteiger charge is 2.23. The molecule has 0 radical (unpaired) electrons. The topological polar surface area (TPSA) is 63.9 Å². The van der Waals surface area contributed by atoms with Gasteiger partial charge in [-0.2, -0.15) is 5.10 Å². The highest BCUT2D eigenvalue weighted by atomic mass is 32.2. The average molecular weight is 396 g/mol. The molecule has 1 saturated heterocycles. The second kappa shape index (κ2) is 7.91. The number of nitrogens with zero attached hydrogens (tertiary/aromatic N) is 5. The molecule has 28 heavy (non-hydrogen) atoms. The zero-order valence-corrected chi connectivity index (χ0v) is 17.4. The van der Waals surface area contributed by atoms with Crippen molar-refractivity contribution < 1.29 is 4.79 Å². The van der Waals surface area contributed by atoms with Gasteiger partial charge in [0.15, 0.2) is 5.65 Å². The predicted octanol–water partition coefficient (Wildman–Crippen LogP) is 3.93. The molecule has 3 heterocycles. The molecule has 3 aromatic rings. The van der Waals surface area contributed by atoms with Gasteiger partial charge in [0.2, 0.25) is 5.91 Å². The van der Waals surface area contributed by atoms with Crippen LogP contribution in [0, 0.1) is 13.8 Å². The van der Waals surface area contributed by atoms with Crippen LogP contribution in [0.15, 0.2) is 35.7 Å². The van der Waals surface area contributed by atoms with E-state index in [0.29, 0.717) is 11.8 Å². The molecular formula is C21H25N5OS. The molecule has 1 aromatic carbocycles. The van der Waals surface area contributed by atoms with Crippen molar-refractivity contribution in [3.63, 3.8) is 0 Å². The minimum Gasteiger partial charge on any atom is -0.339 e. The van der Waals surface area contributed by atoms with E-state index in [1.807, 2.05) is 15.6 Å². The first kappa shape index (κ1) is 18.9. The first-order valence-electron chi connectivity index (χ1n) is 9.73. The summed E-state index contributed by atoms with van der Waals surface area (Å²) in [6, 6.07) is 6.58. The van der Waals surface area contributed by atoms with E-state index >= 15 is 0 Å². The van der Waals surface area contributed by atoms with Crippen LogP contribution in [-0.2, 0) is 4.79 Å². The normalized spacial score (nSPS) is 17.2. The Morgan fingerprint density at radius 3 is 2.86 bits per heavy atom. The molecule has 1 amide bonds. The number of amides is 1. The van der Waals surface area contributed by atoms with Crippen molar-refractivity contribution in [3.05, 3.63) is 41.9 Å². The molecule has 2 aromatic heterocycles. The highest BCUT2D eigenvalue weighted by molar-refractivity contribution is 8.00. The molecule has 0 spiro atoms. The fraction of sp³-hybridized carbons (Fsp3) is 0.429. The van der Waals surface area contributed by atoms with Gasteiger partial charge in [0.25, 0.3) is 0 Å². The number of benzene rings is 1. The number of fused-ring (bicyclic) bond motifs is 1. The van der Waals surface area contributed by atoms with Crippen LogP contribution in [0.5, 0.6) is 0 Å². The van der Waals surface area contributed by atoms with Crippen molar-refractivity contribution in [2.45, 2.75) is 51.1 Å². The van der Waals surface area contributed by atoms with E-state index < -0.39 is 0 Å². The van der Waals surface area contributed by atoms with E-state index in [1.165, 1.54) is 29.3 Å². The van der Waals surface area contributed by atoms with E-state index in [9.17, 15) is 4.79 Å². The lowest BCUT2D eigenvalue weighted by Crippen LogP contribution is -2.42. The van der Waals surface area contributed by atoms with Crippen molar-refractivity contribution in [1.82, 2.24) is 24.6 Å². The molecule has 1 aliphatic rings. The summed E-state index contributed by atoms with van der Waals surface area (Å²) in [6.07, 6.45) is 6.75. The lowest BCUT2D eigenvalue weighted by Gasteiger charge is -2.33. The van der Waals surface area contributed by atoms with Crippen LogP contribution in [0.25, 0.3) is 16.7 Å². The number of carbonyl (C=O) groups excluding carboxylic acids is 1. The third-order valence-corrected chi connectivity index (χ3v) is 6.51. The number of likely N-dealkylation sites (tertiary alicyclic amines) is 1. The standard InChI is InChI=1S/C21H25N5OS/c1-14-7-8-17(10-15(14)2)26-20-18(11-24-26)21(23-13-22-20)28-12-19(27)25-9-5-4-6-16(25)3/h7-8,10-11,13,16H,4-6,9,12H2,1-3H3/t16-/m1/s1. The molecule has 146 valence electrons. The van der Waals surface area contributed by atoms with E-state index in [2.05, 4.69) is 48.0 Å². The van der Waals surface area contributed by atoms with Gasteiger partial charge >= 0.3 is 0 Å². The maximum Gasteiger partial charge on any atom is 0.233 e. The molecule has 4 rings (SSSR count). The van der Waals surface area contributed by atoms with Crippen molar-refractivity contribution >= 4 is 28.7 Å². The summed E-state index contributed by atoms with van der Waals surface area (Å²) in [7, 11) is 0. The number of aromatic nitrogens is 4. The van der Waals surface area contributed by atoms with E-state index in [4.69, 9.17) is 0 Å². The Morgan fingerprint density at radius 1 is 1.21 bits per heavy atom. The smallest absolute Gasteiger partial charge is 0.233 e. The second-order valence-corrected chi connectivity index (χ2v) is 8.43. The van der Waals surface area contributed by atoms with Gasteiger partial charge in [-0.1, -0.05) is 17.8 Å². The summed E-state index contributed by atoms with van der Waals surface area (Å²) in [4.78, 5) is 23.5.